The summed E-state index contributed by atoms with van der Waals surface area (Å²) in [5.74, 6) is 0.320. The van der Waals surface area contributed by atoms with Crippen molar-refractivity contribution < 1.29 is 24.0 Å². The minimum atomic E-state index is -0.517. The van der Waals surface area contributed by atoms with Crippen LogP contribution < -0.4 is 14.4 Å². The Morgan fingerprint density at radius 2 is 1.76 bits per heavy atom. The molecule has 0 fully saturated rings. The van der Waals surface area contributed by atoms with Crippen LogP contribution in [0.4, 0.5) is 11.4 Å². The van der Waals surface area contributed by atoms with Gasteiger partial charge in [0.15, 0.2) is 5.78 Å². The zero-order valence-electron chi connectivity index (χ0n) is 19.8. The summed E-state index contributed by atoms with van der Waals surface area (Å²) in [5.41, 5.74) is 1.50. The van der Waals surface area contributed by atoms with Crippen LogP contribution >= 0.6 is 0 Å². The first kappa shape index (κ1) is 23.5. The number of nitro benzene ring substituents is 1. The van der Waals surface area contributed by atoms with Crippen molar-refractivity contribution in [2.24, 2.45) is 5.41 Å². The molecule has 1 aliphatic heterocycles. The summed E-state index contributed by atoms with van der Waals surface area (Å²) >= 11 is 0. The Balaban J connectivity index is 1.89. The third-order valence-corrected chi connectivity index (χ3v) is 6.36. The number of rotatable bonds is 6. The lowest BCUT2D eigenvalue weighted by atomic mass is 9.69. The van der Waals surface area contributed by atoms with E-state index in [4.69, 9.17) is 9.47 Å². The number of carbonyl (C=O) groups is 2. The maximum Gasteiger partial charge on any atom is 0.297 e. The van der Waals surface area contributed by atoms with Crippen molar-refractivity contribution in [3.63, 3.8) is 0 Å². The monoisotopic (exact) mass is 464 g/mol. The van der Waals surface area contributed by atoms with Gasteiger partial charge in [0.2, 0.25) is 5.91 Å². The highest BCUT2D eigenvalue weighted by Crippen LogP contribution is 2.49. The molecule has 0 spiro atoms. The Hall–Kier alpha value is -3.68. The summed E-state index contributed by atoms with van der Waals surface area (Å²) in [4.78, 5) is 39.8. The molecular weight excluding hydrogens is 436 g/mol. The lowest BCUT2D eigenvalue weighted by Crippen LogP contribution is -2.44. The summed E-state index contributed by atoms with van der Waals surface area (Å²) in [5, 5.41) is 11.9. The number of methoxy groups -OCH3 is 1. The normalized spacial score (nSPS) is 19.6. The van der Waals surface area contributed by atoms with Crippen LogP contribution in [0, 0.1) is 15.5 Å². The second kappa shape index (κ2) is 8.93. The van der Waals surface area contributed by atoms with Gasteiger partial charge in [-0.05, 0) is 48.6 Å². The number of amides is 1. The van der Waals surface area contributed by atoms with Gasteiger partial charge >= 0.3 is 0 Å². The van der Waals surface area contributed by atoms with Crippen molar-refractivity contribution in [2.45, 2.75) is 46.0 Å². The minimum Gasteiger partial charge on any atom is -0.497 e. The van der Waals surface area contributed by atoms with E-state index in [1.165, 1.54) is 17.0 Å². The number of nitrogens with zero attached hydrogens (tertiary/aromatic N) is 2. The van der Waals surface area contributed by atoms with E-state index in [1.807, 2.05) is 26.0 Å². The van der Waals surface area contributed by atoms with E-state index in [1.54, 1.807) is 32.2 Å². The second-order valence-electron chi connectivity index (χ2n) is 9.40. The number of allylic oxidation sites excluding steroid dienone is 2. The quantitative estimate of drug-likeness (QED) is 0.432. The fraction of sp³-hybridized carbons (Fsp3) is 0.385. The van der Waals surface area contributed by atoms with Gasteiger partial charge in [-0.3, -0.25) is 24.6 Å². The highest BCUT2D eigenvalue weighted by atomic mass is 16.6. The Bertz CT molecular complexity index is 1180. The molecule has 8 nitrogen and oxygen atoms in total. The van der Waals surface area contributed by atoms with Crippen LogP contribution in [-0.4, -0.2) is 30.3 Å². The predicted molar refractivity (Wildman–Crippen MR) is 127 cm³/mol. The van der Waals surface area contributed by atoms with Gasteiger partial charge in [0, 0.05) is 30.0 Å². The maximum atomic E-state index is 13.6. The average molecular weight is 465 g/mol. The van der Waals surface area contributed by atoms with Gasteiger partial charge < -0.3 is 9.47 Å². The molecule has 0 bridgehead atoms. The molecule has 2 aliphatic rings. The number of ether oxygens (including phenoxy) is 2. The van der Waals surface area contributed by atoms with E-state index < -0.39 is 10.8 Å². The number of ketones is 1. The standard InChI is InChI=1S/C26H28N2O6/c1-5-34-18-10-11-20(21(12-18)28(31)32)27-22-14-26(2,3)15-23(29)25(22)19(13-24(27)30)16-6-8-17(33-4)9-7-16/h6-12,19H,5,13-15H2,1-4H3. The Morgan fingerprint density at radius 1 is 1.09 bits per heavy atom. The van der Waals surface area contributed by atoms with Crippen LogP contribution in [-0.2, 0) is 9.59 Å². The molecule has 178 valence electrons. The first-order valence-corrected chi connectivity index (χ1v) is 11.3. The van der Waals surface area contributed by atoms with Gasteiger partial charge in [-0.1, -0.05) is 26.0 Å². The molecule has 2 aromatic rings. The number of carbonyl (C=O) groups excluding carboxylic acids is 2. The van der Waals surface area contributed by atoms with Crippen LogP contribution in [0.1, 0.15) is 51.5 Å². The molecule has 1 amide bonds. The van der Waals surface area contributed by atoms with Crippen molar-refractivity contribution in [1.82, 2.24) is 0 Å². The number of hydrogen-bond donors (Lipinski definition) is 0. The first-order valence-electron chi connectivity index (χ1n) is 11.3. The van der Waals surface area contributed by atoms with Crippen LogP contribution in [0.15, 0.2) is 53.7 Å². The number of anilines is 1. The Kier molecular flexibility index (Phi) is 6.17. The molecule has 34 heavy (non-hydrogen) atoms. The van der Waals surface area contributed by atoms with Crippen molar-refractivity contribution in [2.75, 3.05) is 18.6 Å². The first-order chi connectivity index (χ1) is 16.1. The molecule has 0 aromatic heterocycles. The summed E-state index contributed by atoms with van der Waals surface area (Å²) < 4.78 is 10.7. The van der Waals surface area contributed by atoms with E-state index in [9.17, 15) is 19.7 Å². The van der Waals surface area contributed by atoms with Crippen molar-refractivity contribution in [3.05, 3.63) is 69.4 Å². The Morgan fingerprint density at radius 3 is 2.38 bits per heavy atom. The van der Waals surface area contributed by atoms with Crippen molar-refractivity contribution in [1.29, 1.82) is 0 Å². The molecule has 1 unspecified atom stereocenters. The fourth-order valence-corrected chi connectivity index (χ4v) is 4.91. The molecular formula is C26H28N2O6. The largest absolute Gasteiger partial charge is 0.497 e. The van der Waals surface area contributed by atoms with E-state index in [0.717, 1.165) is 5.56 Å². The Labute approximate surface area is 198 Å². The molecule has 1 atom stereocenters. The summed E-state index contributed by atoms with van der Waals surface area (Å²) in [7, 11) is 1.58. The zero-order chi connectivity index (χ0) is 24.6. The second-order valence-corrected chi connectivity index (χ2v) is 9.40. The molecule has 8 heteroatoms. The average Bonchev–Trinajstić information content (AvgIpc) is 2.78. The lowest BCUT2D eigenvalue weighted by molar-refractivity contribution is -0.384. The number of hydrogen-bond acceptors (Lipinski definition) is 6. The minimum absolute atomic E-state index is 0.0295. The van der Waals surface area contributed by atoms with E-state index >= 15 is 0 Å². The van der Waals surface area contributed by atoms with Gasteiger partial charge in [0.25, 0.3) is 5.69 Å². The highest BCUT2D eigenvalue weighted by Gasteiger charge is 2.45. The van der Waals surface area contributed by atoms with E-state index in [2.05, 4.69) is 0 Å². The van der Waals surface area contributed by atoms with E-state index in [0.29, 0.717) is 42.2 Å². The summed E-state index contributed by atoms with van der Waals surface area (Å²) in [6.07, 6.45) is 0.852. The summed E-state index contributed by atoms with van der Waals surface area (Å²) in [6, 6.07) is 11.8. The van der Waals surface area contributed by atoms with Crippen molar-refractivity contribution in [3.8, 4) is 11.5 Å². The fourth-order valence-electron chi connectivity index (χ4n) is 4.91. The molecule has 2 aromatic carbocycles. The van der Waals surface area contributed by atoms with Crippen LogP contribution in [0.25, 0.3) is 0 Å². The molecule has 0 saturated carbocycles. The number of nitro groups is 1. The third-order valence-electron chi connectivity index (χ3n) is 6.36. The SMILES string of the molecule is CCOc1ccc(N2C(=O)CC(c3ccc(OC)cc3)C3=C2CC(C)(C)CC3=O)c([N+](=O)[O-])c1. The predicted octanol–water partition coefficient (Wildman–Crippen LogP) is 5.17. The lowest BCUT2D eigenvalue weighted by Gasteiger charge is -2.42. The molecule has 4 rings (SSSR count). The maximum absolute atomic E-state index is 13.6. The van der Waals surface area contributed by atoms with Crippen LogP contribution in [0.3, 0.4) is 0 Å². The molecule has 0 radical (unpaired) electrons. The van der Waals surface area contributed by atoms with Gasteiger partial charge in [-0.2, -0.15) is 0 Å². The van der Waals surface area contributed by atoms with Gasteiger partial charge in [-0.15, -0.1) is 0 Å². The van der Waals surface area contributed by atoms with Crippen LogP contribution in [0.2, 0.25) is 0 Å². The van der Waals surface area contributed by atoms with Crippen LogP contribution in [0.5, 0.6) is 11.5 Å². The molecule has 0 saturated heterocycles. The molecule has 1 aliphatic carbocycles. The van der Waals surface area contributed by atoms with E-state index in [-0.39, 0.29) is 34.9 Å². The number of benzene rings is 2. The molecule has 1 heterocycles. The van der Waals surface area contributed by atoms with Gasteiger partial charge in [0.05, 0.1) is 24.7 Å². The highest BCUT2D eigenvalue weighted by molar-refractivity contribution is 6.08. The van der Waals surface area contributed by atoms with Gasteiger partial charge in [-0.25, -0.2) is 0 Å². The third kappa shape index (κ3) is 4.27. The summed E-state index contributed by atoms with van der Waals surface area (Å²) in [6.45, 7) is 6.10. The zero-order valence-corrected chi connectivity index (χ0v) is 19.8. The van der Waals surface area contributed by atoms with Crippen molar-refractivity contribution >= 4 is 23.1 Å². The topological polar surface area (TPSA) is 99.0 Å². The molecule has 0 N–H and O–H groups in total. The van der Waals surface area contributed by atoms with Gasteiger partial charge in [0.1, 0.15) is 17.2 Å². The smallest absolute Gasteiger partial charge is 0.297 e. The number of Topliss-reactive ketones (excluding diaryl/α,β-unsaturated/α-hetero) is 1.